The van der Waals surface area contributed by atoms with Gasteiger partial charge in [0, 0.05) is 35.9 Å². The molecule has 0 radical (unpaired) electrons. The molecule has 0 atom stereocenters. The molecule has 1 aliphatic rings. The van der Waals surface area contributed by atoms with E-state index in [0.29, 0.717) is 18.3 Å². The number of hydrogen-bond acceptors (Lipinski definition) is 4. The first-order chi connectivity index (χ1) is 12.2. The van der Waals surface area contributed by atoms with Crippen LogP contribution in [-0.4, -0.2) is 26.5 Å². The molecule has 6 nitrogen and oxygen atoms in total. The summed E-state index contributed by atoms with van der Waals surface area (Å²) in [5.41, 5.74) is 8.66. The largest absolute Gasteiger partial charge is 0.384 e. The molecule has 3 aromatic rings. The maximum atomic E-state index is 11.9. The van der Waals surface area contributed by atoms with E-state index in [1.54, 1.807) is 18.5 Å². The minimum absolute atomic E-state index is 0.0887. The lowest BCUT2D eigenvalue weighted by molar-refractivity contribution is -0.120. The summed E-state index contributed by atoms with van der Waals surface area (Å²) in [6, 6.07) is 12.0. The standard InChI is InChI=1S/C19H19N5O/c20-17-12-14(7-8-21-17)19-22-9-10-24(19)16-5-1-13(2-6-16)11-18(25)23-15-3-4-15/h1-2,5-10,12,15H,3-4,11H2,(H2,20,21)(H,23,25). The Labute approximate surface area is 145 Å². The van der Waals surface area contributed by atoms with Gasteiger partial charge in [-0.05, 0) is 42.7 Å². The highest BCUT2D eigenvalue weighted by molar-refractivity contribution is 5.79. The summed E-state index contributed by atoms with van der Waals surface area (Å²) in [6.45, 7) is 0. The normalized spacial score (nSPS) is 13.6. The average Bonchev–Trinajstić information content (AvgIpc) is 3.27. The van der Waals surface area contributed by atoms with Crippen LogP contribution in [0.5, 0.6) is 0 Å². The number of nitrogen functional groups attached to an aromatic ring is 1. The van der Waals surface area contributed by atoms with Crippen LogP contribution in [0.25, 0.3) is 17.1 Å². The van der Waals surface area contributed by atoms with Crippen LogP contribution >= 0.6 is 0 Å². The molecule has 1 aromatic carbocycles. The van der Waals surface area contributed by atoms with E-state index in [9.17, 15) is 4.79 Å². The quantitative estimate of drug-likeness (QED) is 0.750. The third kappa shape index (κ3) is 3.52. The van der Waals surface area contributed by atoms with Crippen LogP contribution in [0.1, 0.15) is 18.4 Å². The van der Waals surface area contributed by atoms with Gasteiger partial charge in [-0.2, -0.15) is 0 Å². The lowest BCUT2D eigenvalue weighted by Crippen LogP contribution is -2.26. The van der Waals surface area contributed by atoms with Crippen LogP contribution in [0, 0.1) is 0 Å². The van der Waals surface area contributed by atoms with Crippen molar-refractivity contribution in [3.8, 4) is 17.1 Å². The number of benzene rings is 1. The second-order valence-electron chi connectivity index (χ2n) is 6.28. The van der Waals surface area contributed by atoms with Gasteiger partial charge in [0.1, 0.15) is 11.6 Å². The highest BCUT2D eigenvalue weighted by atomic mass is 16.1. The molecule has 25 heavy (non-hydrogen) atoms. The van der Waals surface area contributed by atoms with E-state index in [1.807, 2.05) is 41.1 Å². The zero-order chi connectivity index (χ0) is 17.2. The number of nitrogens with one attached hydrogen (secondary N) is 1. The number of nitrogens with two attached hydrogens (primary N) is 1. The molecule has 0 saturated heterocycles. The molecule has 0 aliphatic heterocycles. The van der Waals surface area contributed by atoms with Gasteiger partial charge in [-0.15, -0.1) is 0 Å². The van der Waals surface area contributed by atoms with Crippen molar-refractivity contribution >= 4 is 11.7 Å². The van der Waals surface area contributed by atoms with E-state index in [4.69, 9.17) is 5.73 Å². The number of aromatic nitrogens is 3. The Bertz CT molecular complexity index is 896. The van der Waals surface area contributed by atoms with Crippen LogP contribution < -0.4 is 11.1 Å². The van der Waals surface area contributed by atoms with E-state index in [0.717, 1.165) is 35.5 Å². The summed E-state index contributed by atoms with van der Waals surface area (Å²) in [4.78, 5) is 20.4. The predicted octanol–water partition coefficient (Wildman–Crippen LogP) is 2.34. The number of carbonyl (C=O) groups excluding carboxylic acids is 1. The lowest BCUT2D eigenvalue weighted by atomic mass is 10.1. The average molecular weight is 333 g/mol. The number of rotatable bonds is 5. The highest BCUT2D eigenvalue weighted by Gasteiger charge is 2.23. The molecule has 0 unspecified atom stereocenters. The molecule has 1 saturated carbocycles. The van der Waals surface area contributed by atoms with Crippen LogP contribution in [0.15, 0.2) is 55.0 Å². The number of pyridine rings is 1. The molecule has 4 rings (SSSR count). The van der Waals surface area contributed by atoms with Crippen molar-refractivity contribution in [2.75, 3.05) is 5.73 Å². The van der Waals surface area contributed by atoms with Gasteiger partial charge in [-0.1, -0.05) is 12.1 Å². The number of nitrogens with zero attached hydrogens (tertiary/aromatic N) is 3. The Morgan fingerprint density at radius 2 is 1.96 bits per heavy atom. The molecule has 1 amide bonds. The van der Waals surface area contributed by atoms with Gasteiger partial charge < -0.3 is 11.1 Å². The Morgan fingerprint density at radius 1 is 1.16 bits per heavy atom. The van der Waals surface area contributed by atoms with E-state index in [2.05, 4.69) is 15.3 Å². The fourth-order valence-electron chi connectivity index (χ4n) is 2.78. The number of imidazole rings is 1. The van der Waals surface area contributed by atoms with E-state index >= 15 is 0 Å². The van der Waals surface area contributed by atoms with Gasteiger partial charge in [0.25, 0.3) is 0 Å². The van der Waals surface area contributed by atoms with Gasteiger partial charge >= 0.3 is 0 Å². The second kappa shape index (κ2) is 6.39. The zero-order valence-electron chi connectivity index (χ0n) is 13.7. The first-order valence-electron chi connectivity index (χ1n) is 8.33. The minimum Gasteiger partial charge on any atom is -0.384 e. The Kier molecular flexibility index (Phi) is 3.93. The summed E-state index contributed by atoms with van der Waals surface area (Å²) in [5, 5.41) is 3.01. The molecular weight excluding hydrogens is 314 g/mol. The highest BCUT2D eigenvalue weighted by Crippen LogP contribution is 2.23. The molecule has 2 aromatic heterocycles. The van der Waals surface area contributed by atoms with Gasteiger partial charge in [0.05, 0.1) is 6.42 Å². The molecule has 0 bridgehead atoms. The summed E-state index contributed by atoms with van der Waals surface area (Å²) < 4.78 is 1.99. The van der Waals surface area contributed by atoms with Gasteiger partial charge in [0.2, 0.25) is 5.91 Å². The zero-order valence-corrected chi connectivity index (χ0v) is 13.7. The lowest BCUT2D eigenvalue weighted by Gasteiger charge is -2.09. The van der Waals surface area contributed by atoms with Gasteiger partial charge in [0.15, 0.2) is 0 Å². The second-order valence-corrected chi connectivity index (χ2v) is 6.28. The molecule has 1 aliphatic carbocycles. The van der Waals surface area contributed by atoms with Crippen molar-refractivity contribution < 1.29 is 4.79 Å². The molecular formula is C19H19N5O. The number of hydrogen-bond donors (Lipinski definition) is 2. The van der Waals surface area contributed by atoms with Crippen molar-refractivity contribution in [1.82, 2.24) is 19.9 Å². The van der Waals surface area contributed by atoms with Gasteiger partial charge in [-0.3, -0.25) is 9.36 Å². The summed E-state index contributed by atoms with van der Waals surface area (Å²) >= 11 is 0. The molecule has 1 fully saturated rings. The smallest absolute Gasteiger partial charge is 0.224 e. The van der Waals surface area contributed by atoms with Crippen molar-refractivity contribution in [2.24, 2.45) is 0 Å². The maximum Gasteiger partial charge on any atom is 0.224 e. The number of carbonyl (C=O) groups is 1. The summed E-state index contributed by atoms with van der Waals surface area (Å²) in [5.74, 6) is 1.35. The van der Waals surface area contributed by atoms with Crippen LogP contribution in [0.4, 0.5) is 5.82 Å². The molecule has 3 N–H and O–H groups in total. The van der Waals surface area contributed by atoms with Crippen LogP contribution in [0.2, 0.25) is 0 Å². The predicted molar refractivity (Wildman–Crippen MR) is 96.1 cm³/mol. The van der Waals surface area contributed by atoms with Crippen molar-refractivity contribution in [3.05, 3.63) is 60.6 Å². The first kappa shape index (κ1) is 15.4. The fraction of sp³-hybridized carbons (Fsp3) is 0.211. The van der Waals surface area contributed by atoms with Crippen molar-refractivity contribution in [1.29, 1.82) is 0 Å². The molecule has 0 spiro atoms. The number of anilines is 1. The van der Waals surface area contributed by atoms with E-state index in [-0.39, 0.29) is 5.91 Å². The first-order valence-corrected chi connectivity index (χ1v) is 8.33. The summed E-state index contributed by atoms with van der Waals surface area (Å²) in [6.07, 6.45) is 7.95. The summed E-state index contributed by atoms with van der Waals surface area (Å²) in [7, 11) is 0. The fourth-order valence-corrected chi connectivity index (χ4v) is 2.78. The monoisotopic (exact) mass is 333 g/mol. The van der Waals surface area contributed by atoms with Crippen molar-refractivity contribution in [2.45, 2.75) is 25.3 Å². The topological polar surface area (TPSA) is 85.8 Å². The SMILES string of the molecule is Nc1cc(-c2nccn2-c2ccc(CC(=O)NC3CC3)cc2)ccn1. The van der Waals surface area contributed by atoms with Crippen molar-refractivity contribution in [3.63, 3.8) is 0 Å². The van der Waals surface area contributed by atoms with Gasteiger partial charge in [-0.25, -0.2) is 9.97 Å². The van der Waals surface area contributed by atoms with Crippen LogP contribution in [0.3, 0.4) is 0 Å². The Hall–Kier alpha value is -3.15. The van der Waals surface area contributed by atoms with E-state index in [1.165, 1.54) is 0 Å². The van der Waals surface area contributed by atoms with Crippen LogP contribution in [-0.2, 0) is 11.2 Å². The third-order valence-corrected chi connectivity index (χ3v) is 4.20. The molecule has 126 valence electrons. The molecule has 6 heteroatoms. The third-order valence-electron chi connectivity index (χ3n) is 4.20. The maximum absolute atomic E-state index is 11.9. The number of amides is 1. The minimum atomic E-state index is 0.0887. The molecule has 2 heterocycles. The van der Waals surface area contributed by atoms with E-state index < -0.39 is 0 Å². The Morgan fingerprint density at radius 3 is 2.68 bits per heavy atom. The Balaban J connectivity index is 1.54.